The second kappa shape index (κ2) is 10.9. The topological polar surface area (TPSA) is 79.3 Å². The van der Waals surface area contributed by atoms with Crippen molar-refractivity contribution in [2.45, 2.75) is 120 Å². The Morgan fingerprint density at radius 2 is 1.62 bits per heavy atom. The summed E-state index contributed by atoms with van der Waals surface area (Å²) in [6.07, 6.45) is 9.50. The van der Waals surface area contributed by atoms with Crippen LogP contribution in [0.15, 0.2) is 5.10 Å². The van der Waals surface area contributed by atoms with Gasteiger partial charge < -0.3 is 4.74 Å². The molecule has 9 heteroatoms. The third kappa shape index (κ3) is 5.51. The summed E-state index contributed by atoms with van der Waals surface area (Å²) in [5, 5.41) is 6.10. The van der Waals surface area contributed by atoms with Crippen LogP contribution in [0.1, 0.15) is 90.4 Å². The molecule has 194 valence electrons. The molecule has 0 aromatic rings. The summed E-state index contributed by atoms with van der Waals surface area (Å²) >= 11 is 0. The average molecular weight is 500 g/mol. The van der Waals surface area contributed by atoms with Gasteiger partial charge in [-0.2, -0.15) is 5.10 Å². The number of nitrogens with zero attached hydrogens (tertiary/aromatic N) is 3. The van der Waals surface area contributed by atoms with Crippen molar-refractivity contribution in [3.63, 3.8) is 0 Å². The SMILES string of the molecule is COC1CCC(C2CC(C3CCC(N(C)S(=O)(=O)C4CCC(F)CC4)CC3)=NN2C(C)=O)CC1. The largest absolute Gasteiger partial charge is 0.381 e. The summed E-state index contributed by atoms with van der Waals surface area (Å²) in [5.74, 6) is 0.788. The number of amides is 1. The van der Waals surface area contributed by atoms with Gasteiger partial charge in [0.05, 0.1) is 17.4 Å². The summed E-state index contributed by atoms with van der Waals surface area (Å²) in [6.45, 7) is 1.60. The lowest BCUT2D eigenvalue weighted by Crippen LogP contribution is -2.45. The minimum absolute atomic E-state index is 0.00428. The molecule has 3 aliphatic carbocycles. The standard InChI is InChI=1S/C25H42FN3O4S/c1-17(30)29-25(19-6-12-22(33-3)13-7-19)16-24(27-29)18-4-10-21(11-5-18)28(2)34(31,32)23-14-8-20(26)9-15-23/h18-23,25H,4-16H2,1-3H3. The molecule has 1 amide bonds. The van der Waals surface area contributed by atoms with Gasteiger partial charge in [0.25, 0.3) is 0 Å². The molecule has 34 heavy (non-hydrogen) atoms. The van der Waals surface area contributed by atoms with Gasteiger partial charge in [0.2, 0.25) is 15.9 Å². The second-order valence-electron chi connectivity index (χ2n) is 10.9. The molecule has 1 atom stereocenters. The number of hydrazone groups is 1. The molecule has 4 rings (SSSR count). The van der Waals surface area contributed by atoms with Crippen molar-refractivity contribution < 1.29 is 22.3 Å². The highest BCUT2D eigenvalue weighted by Gasteiger charge is 2.42. The van der Waals surface area contributed by atoms with E-state index in [1.807, 2.05) is 0 Å². The Morgan fingerprint density at radius 3 is 2.18 bits per heavy atom. The maximum atomic E-state index is 13.5. The molecule has 3 saturated carbocycles. The molecule has 1 unspecified atom stereocenters. The molecular formula is C25H42FN3O4S. The molecule has 3 fully saturated rings. The fourth-order valence-corrected chi connectivity index (χ4v) is 8.68. The van der Waals surface area contributed by atoms with Gasteiger partial charge in [-0.3, -0.25) is 4.79 Å². The van der Waals surface area contributed by atoms with Crippen LogP contribution in [0.25, 0.3) is 0 Å². The molecule has 0 radical (unpaired) electrons. The Labute approximate surface area is 204 Å². The summed E-state index contributed by atoms with van der Waals surface area (Å²) < 4.78 is 46.9. The van der Waals surface area contributed by atoms with Crippen molar-refractivity contribution in [1.29, 1.82) is 0 Å². The van der Waals surface area contributed by atoms with Crippen molar-refractivity contribution in [2.75, 3.05) is 14.2 Å². The number of hydrogen-bond acceptors (Lipinski definition) is 5. The number of carbonyl (C=O) groups excluding carboxylic acids is 1. The highest BCUT2D eigenvalue weighted by Crippen LogP contribution is 2.39. The molecule has 0 bridgehead atoms. The molecule has 0 spiro atoms. The number of hydrogen-bond donors (Lipinski definition) is 0. The van der Waals surface area contributed by atoms with Crippen LogP contribution in [-0.4, -0.2) is 73.1 Å². The van der Waals surface area contributed by atoms with E-state index >= 15 is 0 Å². The predicted molar refractivity (Wildman–Crippen MR) is 131 cm³/mol. The second-order valence-corrected chi connectivity index (χ2v) is 13.2. The van der Waals surface area contributed by atoms with E-state index < -0.39 is 21.4 Å². The molecule has 0 saturated heterocycles. The van der Waals surface area contributed by atoms with E-state index in [1.54, 1.807) is 30.4 Å². The highest BCUT2D eigenvalue weighted by atomic mass is 32.2. The fourth-order valence-electron chi connectivity index (χ4n) is 6.72. The Kier molecular flexibility index (Phi) is 8.35. The van der Waals surface area contributed by atoms with Crippen molar-refractivity contribution in [2.24, 2.45) is 16.9 Å². The lowest BCUT2D eigenvalue weighted by atomic mass is 9.77. The van der Waals surface area contributed by atoms with Crippen LogP contribution in [0.5, 0.6) is 0 Å². The summed E-state index contributed by atoms with van der Waals surface area (Å²) in [4.78, 5) is 12.4. The van der Waals surface area contributed by atoms with E-state index in [1.165, 1.54) is 0 Å². The number of rotatable bonds is 6. The molecule has 0 aromatic carbocycles. The summed E-state index contributed by atoms with van der Waals surface area (Å²) in [5.41, 5.74) is 1.12. The lowest BCUT2D eigenvalue weighted by molar-refractivity contribution is -0.131. The van der Waals surface area contributed by atoms with Crippen molar-refractivity contribution in [3.05, 3.63) is 0 Å². The first-order valence-electron chi connectivity index (χ1n) is 13.2. The third-order valence-corrected chi connectivity index (χ3v) is 11.4. The van der Waals surface area contributed by atoms with Gasteiger partial charge in [-0.05, 0) is 88.9 Å². The number of alkyl halides is 1. The fraction of sp³-hybridized carbons (Fsp3) is 0.920. The van der Waals surface area contributed by atoms with Gasteiger partial charge in [0.15, 0.2) is 0 Å². The van der Waals surface area contributed by atoms with Gasteiger partial charge in [-0.1, -0.05) is 0 Å². The number of halogens is 1. The number of carbonyl (C=O) groups is 1. The van der Waals surface area contributed by atoms with Gasteiger partial charge >= 0.3 is 0 Å². The minimum atomic E-state index is -3.40. The Morgan fingerprint density at radius 1 is 1.00 bits per heavy atom. The molecule has 0 N–H and O–H groups in total. The van der Waals surface area contributed by atoms with Crippen LogP contribution in [0.4, 0.5) is 4.39 Å². The Bertz CT molecular complexity index is 842. The van der Waals surface area contributed by atoms with E-state index in [2.05, 4.69) is 0 Å². The maximum Gasteiger partial charge on any atom is 0.239 e. The zero-order valence-corrected chi connectivity index (χ0v) is 21.8. The summed E-state index contributed by atoms with van der Waals surface area (Å²) in [6, 6.07) is 0.145. The van der Waals surface area contributed by atoms with Gasteiger partial charge in [-0.15, -0.1) is 0 Å². The molecule has 0 aromatic heterocycles. The average Bonchev–Trinajstić information content (AvgIpc) is 3.30. The van der Waals surface area contributed by atoms with Crippen LogP contribution in [-0.2, 0) is 19.6 Å². The third-order valence-electron chi connectivity index (χ3n) is 9.00. The zero-order valence-electron chi connectivity index (χ0n) is 21.0. The van der Waals surface area contributed by atoms with Crippen LogP contribution in [0.3, 0.4) is 0 Å². The Balaban J connectivity index is 1.33. The van der Waals surface area contributed by atoms with E-state index in [4.69, 9.17) is 9.84 Å². The smallest absolute Gasteiger partial charge is 0.239 e. The summed E-state index contributed by atoms with van der Waals surface area (Å²) in [7, 11) is 0.0837. The van der Waals surface area contributed by atoms with Crippen LogP contribution in [0, 0.1) is 11.8 Å². The van der Waals surface area contributed by atoms with Crippen molar-refractivity contribution in [3.8, 4) is 0 Å². The number of sulfonamides is 1. The molecular weight excluding hydrogens is 457 g/mol. The number of ether oxygens (including phenoxy) is 1. The lowest BCUT2D eigenvalue weighted by Gasteiger charge is -2.37. The normalized spacial score (nSPS) is 37.6. The van der Waals surface area contributed by atoms with Gasteiger partial charge in [-0.25, -0.2) is 22.1 Å². The molecule has 1 aliphatic heterocycles. The number of methoxy groups -OCH3 is 1. The monoisotopic (exact) mass is 499 g/mol. The molecule has 4 aliphatic rings. The minimum Gasteiger partial charge on any atom is -0.381 e. The first-order chi connectivity index (χ1) is 16.2. The van der Waals surface area contributed by atoms with E-state index in [9.17, 15) is 17.6 Å². The van der Waals surface area contributed by atoms with E-state index in [-0.39, 0.29) is 18.0 Å². The van der Waals surface area contributed by atoms with Crippen LogP contribution in [0.2, 0.25) is 0 Å². The van der Waals surface area contributed by atoms with Gasteiger partial charge in [0, 0.05) is 39.3 Å². The predicted octanol–water partition coefficient (Wildman–Crippen LogP) is 4.27. The quantitative estimate of drug-likeness (QED) is 0.547. The Hall–Kier alpha value is -1.06. The van der Waals surface area contributed by atoms with Crippen molar-refractivity contribution >= 4 is 21.6 Å². The van der Waals surface area contributed by atoms with Crippen LogP contribution >= 0.6 is 0 Å². The first kappa shape index (κ1) is 26.0. The first-order valence-corrected chi connectivity index (χ1v) is 14.7. The van der Waals surface area contributed by atoms with E-state index in [0.717, 1.165) is 63.5 Å². The van der Waals surface area contributed by atoms with Crippen LogP contribution < -0.4 is 0 Å². The maximum absolute atomic E-state index is 13.5. The molecule has 7 nitrogen and oxygen atoms in total. The van der Waals surface area contributed by atoms with E-state index in [0.29, 0.717) is 43.6 Å². The van der Waals surface area contributed by atoms with Crippen molar-refractivity contribution in [1.82, 2.24) is 9.31 Å². The highest BCUT2D eigenvalue weighted by molar-refractivity contribution is 7.89. The zero-order chi connectivity index (χ0) is 24.5. The molecule has 1 heterocycles. The van der Waals surface area contributed by atoms with Gasteiger partial charge in [0.1, 0.15) is 6.17 Å².